The summed E-state index contributed by atoms with van der Waals surface area (Å²) in [5.74, 6) is 1.17. The second-order valence-electron chi connectivity index (χ2n) is 9.25. The van der Waals surface area contributed by atoms with E-state index in [1.807, 2.05) is 68.4 Å². The number of esters is 1. The Bertz CT molecular complexity index is 1140. The van der Waals surface area contributed by atoms with Crippen LogP contribution in [0.4, 0.5) is 5.69 Å². The SMILES string of the molecule is CCSCCOC(=O)C1=C(C)NC2=C(C(=O)CC(c3ccccc3)C2)C1c1ccc(N(C)C)cc1. The zero-order valence-electron chi connectivity index (χ0n) is 21.0. The minimum atomic E-state index is -0.432. The number of dihydropyridines is 1. The molecule has 2 aromatic carbocycles. The van der Waals surface area contributed by atoms with Crippen LogP contribution < -0.4 is 10.2 Å². The summed E-state index contributed by atoms with van der Waals surface area (Å²) in [5.41, 5.74) is 6.10. The number of nitrogens with one attached hydrogen (secondary N) is 1. The summed E-state index contributed by atoms with van der Waals surface area (Å²) in [5, 5.41) is 3.43. The van der Waals surface area contributed by atoms with Crippen molar-refractivity contribution in [1.29, 1.82) is 0 Å². The van der Waals surface area contributed by atoms with Crippen LogP contribution in [-0.4, -0.2) is 44.0 Å². The Morgan fingerprint density at radius 1 is 1.06 bits per heavy atom. The summed E-state index contributed by atoms with van der Waals surface area (Å²) in [6.07, 6.45) is 1.18. The Hall–Kier alpha value is -2.99. The number of Topliss-reactive ketones (excluding diaryl/α,β-unsaturated/α-hetero) is 1. The van der Waals surface area contributed by atoms with E-state index in [0.29, 0.717) is 24.2 Å². The molecule has 184 valence electrons. The summed E-state index contributed by atoms with van der Waals surface area (Å²) in [6, 6.07) is 18.3. The first-order valence-electron chi connectivity index (χ1n) is 12.2. The Morgan fingerprint density at radius 2 is 1.77 bits per heavy atom. The maximum atomic E-state index is 13.7. The van der Waals surface area contributed by atoms with E-state index >= 15 is 0 Å². The molecular weight excluding hydrogens is 456 g/mol. The maximum Gasteiger partial charge on any atom is 0.336 e. The third-order valence-electron chi connectivity index (χ3n) is 6.73. The molecule has 0 saturated heterocycles. The van der Waals surface area contributed by atoms with Gasteiger partial charge < -0.3 is 15.0 Å². The van der Waals surface area contributed by atoms with Crippen molar-refractivity contribution < 1.29 is 14.3 Å². The first-order valence-corrected chi connectivity index (χ1v) is 13.4. The molecule has 1 heterocycles. The molecule has 0 fully saturated rings. The van der Waals surface area contributed by atoms with E-state index in [2.05, 4.69) is 24.4 Å². The lowest BCUT2D eigenvalue weighted by Crippen LogP contribution is -2.36. The van der Waals surface area contributed by atoms with Crippen LogP contribution in [0.3, 0.4) is 0 Å². The number of carbonyl (C=O) groups is 2. The average Bonchev–Trinajstić information content (AvgIpc) is 2.86. The van der Waals surface area contributed by atoms with Gasteiger partial charge in [0.25, 0.3) is 0 Å². The second-order valence-corrected chi connectivity index (χ2v) is 10.6. The Kier molecular flexibility index (Phi) is 8.01. The van der Waals surface area contributed by atoms with Crippen LogP contribution in [0.1, 0.15) is 49.7 Å². The standard InChI is InChI=1S/C29H34N2O3S/c1-5-35-16-15-34-29(33)26-19(2)30-24-17-22(20-9-7-6-8-10-20)18-25(32)28(24)27(26)21-11-13-23(14-12-21)31(3)4/h6-14,22,27,30H,5,15-18H2,1-4H3. The second kappa shape index (κ2) is 11.2. The highest BCUT2D eigenvalue weighted by Gasteiger charge is 2.41. The molecule has 1 aliphatic heterocycles. The number of benzene rings is 2. The predicted molar refractivity (Wildman–Crippen MR) is 144 cm³/mol. The molecule has 5 nitrogen and oxygen atoms in total. The average molecular weight is 491 g/mol. The highest BCUT2D eigenvalue weighted by atomic mass is 32.2. The molecule has 35 heavy (non-hydrogen) atoms. The van der Waals surface area contributed by atoms with Gasteiger partial charge in [0.15, 0.2) is 5.78 Å². The molecule has 2 aliphatic rings. The van der Waals surface area contributed by atoms with E-state index in [-0.39, 0.29) is 17.7 Å². The molecule has 4 rings (SSSR count). The molecule has 0 aromatic heterocycles. The van der Waals surface area contributed by atoms with Crippen molar-refractivity contribution in [2.75, 3.05) is 37.1 Å². The van der Waals surface area contributed by atoms with Crippen molar-refractivity contribution in [3.8, 4) is 0 Å². The monoisotopic (exact) mass is 490 g/mol. The molecule has 0 bridgehead atoms. The molecule has 0 radical (unpaired) electrons. The number of thioether (sulfide) groups is 1. The quantitative estimate of drug-likeness (QED) is 0.394. The van der Waals surface area contributed by atoms with Gasteiger partial charge in [0.1, 0.15) is 6.61 Å². The van der Waals surface area contributed by atoms with Crippen LogP contribution in [-0.2, 0) is 14.3 Å². The van der Waals surface area contributed by atoms with Crippen molar-refractivity contribution in [2.24, 2.45) is 0 Å². The van der Waals surface area contributed by atoms with Gasteiger partial charge in [-0.05, 0) is 48.3 Å². The molecule has 1 N–H and O–H groups in total. The molecular formula is C29H34N2O3S. The van der Waals surface area contributed by atoms with Gasteiger partial charge in [0.05, 0.1) is 5.57 Å². The minimum absolute atomic E-state index is 0.0913. The number of ketones is 1. The summed E-state index contributed by atoms with van der Waals surface area (Å²) < 4.78 is 5.67. The van der Waals surface area contributed by atoms with Crippen molar-refractivity contribution in [2.45, 2.75) is 38.5 Å². The Labute approximate surface area is 212 Å². The number of hydrogen-bond acceptors (Lipinski definition) is 6. The van der Waals surface area contributed by atoms with Crippen molar-refractivity contribution in [3.05, 3.63) is 88.3 Å². The van der Waals surface area contributed by atoms with Gasteiger partial charge in [-0.25, -0.2) is 4.79 Å². The van der Waals surface area contributed by atoms with Crippen LogP contribution >= 0.6 is 11.8 Å². The normalized spacial score (nSPS) is 19.8. The smallest absolute Gasteiger partial charge is 0.336 e. The third kappa shape index (κ3) is 5.48. The van der Waals surface area contributed by atoms with Gasteiger partial charge >= 0.3 is 5.97 Å². The maximum absolute atomic E-state index is 13.7. The van der Waals surface area contributed by atoms with Crippen LogP contribution in [0, 0.1) is 0 Å². The number of carbonyl (C=O) groups excluding carboxylic acids is 2. The molecule has 6 heteroatoms. The summed E-state index contributed by atoms with van der Waals surface area (Å²) in [6.45, 7) is 4.36. The molecule has 2 unspecified atom stereocenters. The zero-order chi connectivity index (χ0) is 24.9. The van der Waals surface area contributed by atoms with E-state index in [1.54, 1.807) is 11.8 Å². The number of anilines is 1. The Balaban J connectivity index is 1.72. The fraction of sp³-hybridized carbons (Fsp3) is 0.379. The summed E-state index contributed by atoms with van der Waals surface area (Å²) >= 11 is 1.74. The van der Waals surface area contributed by atoms with Gasteiger partial charge in [-0.2, -0.15) is 11.8 Å². The van der Waals surface area contributed by atoms with E-state index < -0.39 is 5.92 Å². The lowest BCUT2D eigenvalue weighted by atomic mass is 9.71. The van der Waals surface area contributed by atoms with Gasteiger partial charge in [-0.15, -0.1) is 0 Å². The van der Waals surface area contributed by atoms with E-state index in [0.717, 1.165) is 40.6 Å². The van der Waals surface area contributed by atoms with E-state index in [1.165, 1.54) is 5.56 Å². The number of hydrogen-bond donors (Lipinski definition) is 1. The van der Waals surface area contributed by atoms with Crippen molar-refractivity contribution in [3.63, 3.8) is 0 Å². The first-order chi connectivity index (χ1) is 16.9. The lowest BCUT2D eigenvalue weighted by Gasteiger charge is -2.36. The van der Waals surface area contributed by atoms with Crippen LogP contribution in [0.5, 0.6) is 0 Å². The molecule has 1 aliphatic carbocycles. The third-order valence-corrected chi connectivity index (χ3v) is 7.59. The first kappa shape index (κ1) is 25.1. The summed E-state index contributed by atoms with van der Waals surface area (Å²) in [7, 11) is 3.99. The van der Waals surface area contributed by atoms with Gasteiger partial charge in [0, 0.05) is 54.8 Å². The fourth-order valence-corrected chi connectivity index (χ4v) is 5.47. The van der Waals surface area contributed by atoms with Crippen LogP contribution in [0.2, 0.25) is 0 Å². The highest BCUT2D eigenvalue weighted by molar-refractivity contribution is 7.99. The number of allylic oxidation sites excluding steroid dienone is 3. The van der Waals surface area contributed by atoms with Gasteiger partial charge in [0.2, 0.25) is 0 Å². The molecule has 2 atom stereocenters. The largest absolute Gasteiger partial charge is 0.461 e. The van der Waals surface area contributed by atoms with Gasteiger partial charge in [-0.3, -0.25) is 4.79 Å². The Morgan fingerprint density at radius 3 is 2.43 bits per heavy atom. The topological polar surface area (TPSA) is 58.6 Å². The lowest BCUT2D eigenvalue weighted by molar-refractivity contribution is -0.138. The minimum Gasteiger partial charge on any atom is -0.461 e. The molecule has 2 aromatic rings. The van der Waals surface area contributed by atoms with E-state index in [9.17, 15) is 9.59 Å². The van der Waals surface area contributed by atoms with Crippen molar-refractivity contribution >= 4 is 29.2 Å². The fourth-order valence-electron chi connectivity index (χ4n) is 4.98. The van der Waals surface area contributed by atoms with Crippen LogP contribution in [0.25, 0.3) is 0 Å². The molecule has 0 amide bonds. The number of rotatable bonds is 8. The highest BCUT2D eigenvalue weighted by Crippen LogP contribution is 2.45. The van der Waals surface area contributed by atoms with E-state index in [4.69, 9.17) is 4.74 Å². The van der Waals surface area contributed by atoms with Gasteiger partial charge in [-0.1, -0.05) is 49.4 Å². The molecule has 0 saturated carbocycles. The zero-order valence-corrected chi connectivity index (χ0v) is 21.8. The molecule has 0 spiro atoms. The number of ether oxygens (including phenoxy) is 1. The number of nitrogens with zero attached hydrogens (tertiary/aromatic N) is 1. The summed E-state index contributed by atoms with van der Waals surface area (Å²) in [4.78, 5) is 29.0. The predicted octanol–water partition coefficient (Wildman–Crippen LogP) is 5.41. The van der Waals surface area contributed by atoms with Crippen molar-refractivity contribution in [1.82, 2.24) is 5.32 Å². The van der Waals surface area contributed by atoms with Crippen LogP contribution in [0.15, 0.2) is 77.1 Å².